The third-order valence-electron chi connectivity index (χ3n) is 3.82. The van der Waals surface area contributed by atoms with Crippen molar-refractivity contribution in [2.24, 2.45) is 5.10 Å². The molecule has 0 N–H and O–H groups in total. The molecule has 0 aliphatic carbocycles. The lowest BCUT2D eigenvalue weighted by molar-refractivity contribution is 0.0693. The Kier molecular flexibility index (Phi) is 3.31. The molecule has 1 amide bonds. The molecule has 2 aromatic heterocycles. The van der Waals surface area contributed by atoms with E-state index in [1.165, 1.54) is 5.01 Å². The minimum atomic E-state index is -0.266. The predicted molar refractivity (Wildman–Crippen MR) is 83.9 cm³/mol. The van der Waals surface area contributed by atoms with Gasteiger partial charge < -0.3 is 8.83 Å². The molecule has 0 bridgehead atoms. The Bertz CT molecular complexity index is 821. The largest absolute Gasteiger partial charge is 0.467 e. The van der Waals surface area contributed by atoms with Gasteiger partial charge >= 0.3 is 0 Å². The van der Waals surface area contributed by atoms with E-state index in [0.29, 0.717) is 23.5 Å². The summed E-state index contributed by atoms with van der Waals surface area (Å²) < 4.78 is 10.9. The molecule has 0 saturated carbocycles. The van der Waals surface area contributed by atoms with Crippen LogP contribution in [0.3, 0.4) is 0 Å². The fraction of sp³-hybridized carbons (Fsp3) is 0.111. The Balaban J connectivity index is 1.72. The van der Waals surface area contributed by atoms with Gasteiger partial charge in [-0.2, -0.15) is 5.10 Å². The molecule has 0 spiro atoms. The first-order valence-corrected chi connectivity index (χ1v) is 7.36. The Morgan fingerprint density at radius 3 is 2.48 bits per heavy atom. The number of carbonyl (C=O) groups is 1. The molecule has 23 heavy (non-hydrogen) atoms. The van der Waals surface area contributed by atoms with Gasteiger partial charge in [-0.25, -0.2) is 5.01 Å². The van der Waals surface area contributed by atoms with Crippen LogP contribution in [0.25, 0.3) is 0 Å². The van der Waals surface area contributed by atoms with Crippen molar-refractivity contribution in [1.29, 1.82) is 0 Å². The summed E-state index contributed by atoms with van der Waals surface area (Å²) in [6.45, 7) is 0. The highest BCUT2D eigenvalue weighted by atomic mass is 16.3. The number of hydrazone groups is 1. The fourth-order valence-corrected chi connectivity index (χ4v) is 2.70. The second kappa shape index (κ2) is 5.61. The fourth-order valence-electron chi connectivity index (χ4n) is 2.70. The summed E-state index contributed by atoms with van der Waals surface area (Å²) in [5.41, 5.74) is 1.33. The minimum absolute atomic E-state index is 0.159. The number of furan rings is 2. The summed E-state index contributed by atoms with van der Waals surface area (Å²) in [6.07, 6.45) is 3.76. The van der Waals surface area contributed by atoms with Crippen molar-refractivity contribution >= 4 is 11.6 Å². The van der Waals surface area contributed by atoms with Gasteiger partial charge in [-0.15, -0.1) is 0 Å². The van der Waals surface area contributed by atoms with E-state index in [9.17, 15) is 4.79 Å². The molecule has 0 unspecified atom stereocenters. The van der Waals surface area contributed by atoms with E-state index in [-0.39, 0.29) is 11.9 Å². The van der Waals surface area contributed by atoms with Crippen LogP contribution in [0.4, 0.5) is 0 Å². The second-order valence-corrected chi connectivity index (χ2v) is 5.28. The molecular formula is C18H14N2O3. The minimum Gasteiger partial charge on any atom is -0.467 e. The third-order valence-corrected chi connectivity index (χ3v) is 3.82. The zero-order chi connectivity index (χ0) is 15.6. The molecule has 0 saturated heterocycles. The maximum absolute atomic E-state index is 12.8. The van der Waals surface area contributed by atoms with Crippen LogP contribution in [0, 0.1) is 0 Å². The number of carbonyl (C=O) groups excluding carboxylic acids is 1. The zero-order valence-electron chi connectivity index (χ0n) is 12.3. The molecule has 3 heterocycles. The zero-order valence-corrected chi connectivity index (χ0v) is 12.3. The number of nitrogens with zero attached hydrogens (tertiary/aromatic N) is 2. The van der Waals surface area contributed by atoms with Crippen molar-refractivity contribution < 1.29 is 13.6 Å². The topological polar surface area (TPSA) is 59.0 Å². The maximum atomic E-state index is 12.8. The summed E-state index contributed by atoms with van der Waals surface area (Å²) in [5, 5.41) is 5.97. The average molecular weight is 306 g/mol. The van der Waals surface area contributed by atoms with Crippen molar-refractivity contribution in [2.45, 2.75) is 12.5 Å². The first-order valence-electron chi connectivity index (χ1n) is 7.36. The lowest BCUT2D eigenvalue weighted by Gasteiger charge is -2.19. The number of amides is 1. The molecular weight excluding hydrogens is 292 g/mol. The van der Waals surface area contributed by atoms with Gasteiger partial charge in [0.25, 0.3) is 5.91 Å². The van der Waals surface area contributed by atoms with Crippen LogP contribution in [0.1, 0.15) is 34.3 Å². The van der Waals surface area contributed by atoms with Gasteiger partial charge in [-0.3, -0.25) is 4.79 Å². The van der Waals surface area contributed by atoms with Crippen LogP contribution in [0.15, 0.2) is 81.1 Å². The monoisotopic (exact) mass is 306 g/mol. The number of hydrogen-bond acceptors (Lipinski definition) is 4. The Morgan fingerprint density at radius 2 is 1.78 bits per heavy atom. The highest BCUT2D eigenvalue weighted by Gasteiger charge is 2.36. The van der Waals surface area contributed by atoms with E-state index >= 15 is 0 Å². The average Bonchev–Trinajstić information content (AvgIpc) is 3.34. The van der Waals surface area contributed by atoms with Gasteiger partial charge in [0.15, 0.2) is 0 Å². The van der Waals surface area contributed by atoms with Crippen molar-refractivity contribution in [3.63, 3.8) is 0 Å². The van der Waals surface area contributed by atoms with Crippen LogP contribution in [-0.2, 0) is 0 Å². The first-order chi connectivity index (χ1) is 11.3. The number of rotatable bonds is 3. The first kappa shape index (κ1) is 13.6. The summed E-state index contributed by atoms with van der Waals surface area (Å²) >= 11 is 0. The number of hydrogen-bond donors (Lipinski definition) is 0. The van der Waals surface area contributed by atoms with Gasteiger partial charge in [-0.1, -0.05) is 18.2 Å². The van der Waals surface area contributed by atoms with Crippen LogP contribution < -0.4 is 0 Å². The summed E-state index contributed by atoms with van der Waals surface area (Å²) in [6, 6.07) is 16.2. The lowest BCUT2D eigenvalue weighted by Crippen LogP contribution is -2.26. The van der Waals surface area contributed by atoms with Gasteiger partial charge in [0.1, 0.15) is 23.3 Å². The summed E-state index contributed by atoms with van der Waals surface area (Å²) in [7, 11) is 0. The van der Waals surface area contributed by atoms with E-state index in [2.05, 4.69) is 5.10 Å². The summed E-state index contributed by atoms with van der Waals surface area (Å²) in [4.78, 5) is 12.8. The van der Waals surface area contributed by atoms with Crippen LogP contribution in [0.2, 0.25) is 0 Å². The van der Waals surface area contributed by atoms with E-state index < -0.39 is 0 Å². The quantitative estimate of drug-likeness (QED) is 0.738. The van der Waals surface area contributed by atoms with E-state index in [0.717, 1.165) is 5.71 Å². The highest BCUT2D eigenvalue weighted by Crippen LogP contribution is 2.34. The Morgan fingerprint density at radius 1 is 1.00 bits per heavy atom. The van der Waals surface area contributed by atoms with Crippen molar-refractivity contribution in [2.75, 3.05) is 0 Å². The van der Waals surface area contributed by atoms with Gasteiger partial charge in [0.2, 0.25) is 0 Å². The molecule has 114 valence electrons. The van der Waals surface area contributed by atoms with Crippen molar-refractivity contribution in [3.8, 4) is 0 Å². The van der Waals surface area contributed by atoms with Crippen LogP contribution in [-0.4, -0.2) is 16.6 Å². The Labute approximate surface area is 132 Å². The molecule has 5 nitrogen and oxygen atoms in total. The molecule has 1 aliphatic rings. The van der Waals surface area contributed by atoms with E-state index in [1.54, 1.807) is 30.7 Å². The second-order valence-electron chi connectivity index (χ2n) is 5.28. The van der Waals surface area contributed by atoms with E-state index in [1.807, 2.05) is 36.4 Å². The molecule has 4 rings (SSSR count). The number of benzene rings is 1. The molecule has 3 aromatic rings. The molecule has 0 radical (unpaired) electrons. The predicted octanol–water partition coefficient (Wildman–Crippen LogP) is 3.86. The standard InChI is InChI=1S/C18H14N2O3/c21-18(13-6-2-1-3-7-13)20-15(17-9-5-11-23-17)12-14(19-20)16-8-4-10-22-16/h1-11,15H,12H2/t15-/m1/s1. The molecule has 5 heteroatoms. The molecule has 1 aliphatic heterocycles. The van der Waals surface area contributed by atoms with Crippen molar-refractivity contribution in [1.82, 2.24) is 5.01 Å². The van der Waals surface area contributed by atoms with Gasteiger partial charge in [-0.05, 0) is 36.4 Å². The molecule has 1 atom stereocenters. The maximum Gasteiger partial charge on any atom is 0.274 e. The molecule has 0 fully saturated rings. The summed E-state index contributed by atoms with van der Waals surface area (Å²) in [5.74, 6) is 1.22. The Hall–Kier alpha value is -3.08. The van der Waals surface area contributed by atoms with Crippen LogP contribution in [0.5, 0.6) is 0 Å². The van der Waals surface area contributed by atoms with Gasteiger partial charge in [0.05, 0.1) is 12.5 Å². The van der Waals surface area contributed by atoms with Crippen LogP contribution >= 0.6 is 0 Å². The normalized spacial score (nSPS) is 17.3. The van der Waals surface area contributed by atoms with E-state index in [4.69, 9.17) is 8.83 Å². The van der Waals surface area contributed by atoms with Gasteiger partial charge in [0, 0.05) is 12.0 Å². The molecule has 1 aromatic carbocycles. The van der Waals surface area contributed by atoms with Crippen molar-refractivity contribution in [3.05, 3.63) is 84.2 Å². The third kappa shape index (κ3) is 2.46. The smallest absolute Gasteiger partial charge is 0.274 e. The lowest BCUT2D eigenvalue weighted by atomic mass is 10.1. The highest BCUT2D eigenvalue weighted by molar-refractivity contribution is 6.03. The SMILES string of the molecule is O=C(c1ccccc1)N1N=C(c2ccco2)C[C@@H]1c1ccco1.